The molecular formula is C36H22N4O. The van der Waals surface area contributed by atoms with E-state index in [0.29, 0.717) is 17.1 Å². The second kappa shape index (κ2) is 9.50. The minimum Gasteiger partial charge on any atom is -0.434 e. The Kier molecular flexibility index (Phi) is 5.38. The molecule has 4 heterocycles. The number of fused-ring (bicyclic) bond motifs is 4. The van der Waals surface area contributed by atoms with Gasteiger partial charge in [0.05, 0.1) is 16.6 Å². The molecule has 4 aromatic heterocycles. The summed E-state index contributed by atoms with van der Waals surface area (Å²) in [6.07, 6.45) is 1.85. The molecule has 0 radical (unpaired) electrons. The minimum absolute atomic E-state index is 0.539. The second-order valence-electron chi connectivity index (χ2n) is 9.95. The van der Waals surface area contributed by atoms with Gasteiger partial charge in [0.25, 0.3) is 0 Å². The van der Waals surface area contributed by atoms with Crippen LogP contribution in [-0.4, -0.2) is 19.9 Å². The van der Waals surface area contributed by atoms with E-state index in [1.165, 1.54) is 0 Å². The van der Waals surface area contributed by atoms with E-state index in [-0.39, 0.29) is 0 Å². The van der Waals surface area contributed by atoms with Gasteiger partial charge in [-0.25, -0.2) is 19.9 Å². The third kappa shape index (κ3) is 4.12. The van der Waals surface area contributed by atoms with Gasteiger partial charge in [-0.1, -0.05) is 109 Å². The van der Waals surface area contributed by atoms with Gasteiger partial charge in [-0.05, 0) is 23.8 Å². The first-order valence-electron chi connectivity index (χ1n) is 13.5. The van der Waals surface area contributed by atoms with E-state index in [9.17, 15) is 0 Å². The molecule has 0 aliphatic carbocycles. The SMILES string of the molecule is c1ccc(-c2nc(-c3ccccc3)c3oc4ncc(-c5ccc(-c6ccc7ccccc7n6)cc5)cc4c3n2)cc1. The predicted molar refractivity (Wildman–Crippen MR) is 164 cm³/mol. The third-order valence-electron chi connectivity index (χ3n) is 7.36. The zero-order valence-corrected chi connectivity index (χ0v) is 21.9. The molecule has 0 N–H and O–H groups in total. The van der Waals surface area contributed by atoms with Crippen molar-refractivity contribution in [2.24, 2.45) is 0 Å². The van der Waals surface area contributed by atoms with Gasteiger partial charge in [-0.3, -0.25) is 0 Å². The lowest BCUT2D eigenvalue weighted by Crippen LogP contribution is -1.93. The molecule has 4 aromatic carbocycles. The molecule has 192 valence electrons. The zero-order valence-electron chi connectivity index (χ0n) is 21.9. The van der Waals surface area contributed by atoms with Crippen LogP contribution in [0.5, 0.6) is 0 Å². The van der Waals surface area contributed by atoms with Crippen molar-refractivity contribution < 1.29 is 4.42 Å². The van der Waals surface area contributed by atoms with E-state index in [4.69, 9.17) is 24.4 Å². The monoisotopic (exact) mass is 526 g/mol. The summed E-state index contributed by atoms with van der Waals surface area (Å²) >= 11 is 0. The molecule has 8 rings (SSSR count). The van der Waals surface area contributed by atoms with Crippen molar-refractivity contribution in [3.05, 3.63) is 134 Å². The van der Waals surface area contributed by atoms with Gasteiger partial charge in [0.1, 0.15) is 11.2 Å². The maximum atomic E-state index is 6.29. The number of aromatic nitrogens is 4. The Hall–Kier alpha value is -5.68. The molecule has 0 amide bonds. The fourth-order valence-electron chi connectivity index (χ4n) is 5.26. The number of rotatable bonds is 4. The number of pyridine rings is 2. The quantitative estimate of drug-likeness (QED) is 0.229. The third-order valence-corrected chi connectivity index (χ3v) is 7.36. The summed E-state index contributed by atoms with van der Waals surface area (Å²) in [5.41, 5.74) is 9.63. The number of hydrogen-bond donors (Lipinski definition) is 0. The van der Waals surface area contributed by atoms with Crippen LogP contribution in [0.1, 0.15) is 0 Å². The van der Waals surface area contributed by atoms with Crippen molar-refractivity contribution in [1.82, 2.24) is 19.9 Å². The van der Waals surface area contributed by atoms with E-state index in [1.807, 2.05) is 85.1 Å². The molecule has 0 saturated carbocycles. The second-order valence-corrected chi connectivity index (χ2v) is 9.95. The number of para-hydroxylation sites is 1. The van der Waals surface area contributed by atoms with Crippen molar-refractivity contribution in [2.75, 3.05) is 0 Å². The number of nitrogens with zero attached hydrogens (tertiary/aromatic N) is 4. The fourth-order valence-corrected chi connectivity index (χ4v) is 5.26. The Morgan fingerprint density at radius 3 is 2.02 bits per heavy atom. The highest BCUT2D eigenvalue weighted by molar-refractivity contribution is 6.07. The minimum atomic E-state index is 0.539. The standard InChI is InChI=1S/C36H22N4O/c1-3-10-26(11-4-1)32-34-33(40-35(39-32)27-12-5-2-6-13-27)29-21-28(22-37-36(29)41-34)23-15-17-25(18-16-23)31-20-19-24-9-7-8-14-30(24)38-31/h1-22H. The maximum absolute atomic E-state index is 6.29. The van der Waals surface area contributed by atoms with E-state index < -0.39 is 0 Å². The molecule has 5 nitrogen and oxygen atoms in total. The Balaban J connectivity index is 1.25. The normalized spacial score (nSPS) is 11.4. The lowest BCUT2D eigenvalue weighted by atomic mass is 10.0. The van der Waals surface area contributed by atoms with Crippen molar-refractivity contribution in [3.8, 4) is 45.0 Å². The van der Waals surface area contributed by atoms with Crippen LogP contribution in [0.25, 0.3) is 78.1 Å². The van der Waals surface area contributed by atoms with Crippen LogP contribution in [0.3, 0.4) is 0 Å². The molecule has 5 heteroatoms. The van der Waals surface area contributed by atoms with Crippen LogP contribution in [-0.2, 0) is 0 Å². The summed E-state index contributed by atoms with van der Waals surface area (Å²) in [5.74, 6) is 0.650. The van der Waals surface area contributed by atoms with Gasteiger partial charge in [-0.2, -0.15) is 0 Å². The molecule has 0 bridgehead atoms. The molecule has 0 unspecified atom stereocenters. The highest BCUT2D eigenvalue weighted by atomic mass is 16.3. The van der Waals surface area contributed by atoms with Crippen LogP contribution in [0.2, 0.25) is 0 Å². The van der Waals surface area contributed by atoms with Crippen LogP contribution >= 0.6 is 0 Å². The largest absolute Gasteiger partial charge is 0.434 e. The smallest absolute Gasteiger partial charge is 0.229 e. The van der Waals surface area contributed by atoms with Crippen molar-refractivity contribution in [2.45, 2.75) is 0 Å². The fraction of sp³-hybridized carbons (Fsp3) is 0. The Labute approximate surface area is 235 Å². The highest BCUT2D eigenvalue weighted by Gasteiger charge is 2.19. The summed E-state index contributed by atoms with van der Waals surface area (Å²) in [6.45, 7) is 0. The van der Waals surface area contributed by atoms with Crippen LogP contribution < -0.4 is 0 Å². The topological polar surface area (TPSA) is 64.7 Å². The van der Waals surface area contributed by atoms with Gasteiger partial charge in [0.2, 0.25) is 5.71 Å². The van der Waals surface area contributed by atoms with Crippen molar-refractivity contribution in [1.29, 1.82) is 0 Å². The van der Waals surface area contributed by atoms with Gasteiger partial charge >= 0.3 is 0 Å². The van der Waals surface area contributed by atoms with Crippen molar-refractivity contribution >= 4 is 33.1 Å². The molecule has 0 saturated heterocycles. The van der Waals surface area contributed by atoms with Gasteiger partial charge in [0.15, 0.2) is 11.4 Å². The average molecular weight is 527 g/mol. The zero-order chi connectivity index (χ0) is 27.2. The summed E-state index contributed by atoms with van der Waals surface area (Å²) < 4.78 is 6.29. The maximum Gasteiger partial charge on any atom is 0.229 e. The number of hydrogen-bond acceptors (Lipinski definition) is 5. The summed E-state index contributed by atoms with van der Waals surface area (Å²) in [4.78, 5) is 19.5. The van der Waals surface area contributed by atoms with Crippen molar-refractivity contribution in [3.63, 3.8) is 0 Å². The summed E-state index contributed by atoms with van der Waals surface area (Å²) in [6, 6.07) is 43.0. The first-order chi connectivity index (χ1) is 20.3. The molecule has 41 heavy (non-hydrogen) atoms. The van der Waals surface area contributed by atoms with Gasteiger partial charge in [-0.15, -0.1) is 0 Å². The average Bonchev–Trinajstić information content (AvgIpc) is 3.43. The molecular weight excluding hydrogens is 504 g/mol. The van der Waals surface area contributed by atoms with E-state index >= 15 is 0 Å². The highest BCUT2D eigenvalue weighted by Crippen LogP contribution is 2.36. The summed E-state index contributed by atoms with van der Waals surface area (Å²) in [5, 5.41) is 1.99. The first kappa shape index (κ1) is 23.2. The predicted octanol–water partition coefficient (Wildman–Crippen LogP) is 8.99. The number of furan rings is 1. The number of benzene rings is 4. The van der Waals surface area contributed by atoms with Crippen LogP contribution in [0.4, 0.5) is 0 Å². The Morgan fingerprint density at radius 1 is 0.512 bits per heavy atom. The molecule has 0 fully saturated rings. The molecule has 0 atom stereocenters. The lowest BCUT2D eigenvalue weighted by molar-refractivity contribution is 0.653. The van der Waals surface area contributed by atoms with Crippen LogP contribution in [0.15, 0.2) is 138 Å². The molecule has 0 spiro atoms. The first-order valence-corrected chi connectivity index (χ1v) is 13.5. The molecule has 0 aliphatic heterocycles. The Morgan fingerprint density at radius 2 is 1.22 bits per heavy atom. The molecule has 0 aliphatic rings. The van der Waals surface area contributed by atoms with Gasteiger partial charge < -0.3 is 4.42 Å². The summed E-state index contributed by atoms with van der Waals surface area (Å²) in [7, 11) is 0. The Bertz CT molecular complexity index is 2190. The van der Waals surface area contributed by atoms with E-state index in [0.717, 1.165) is 61.0 Å². The van der Waals surface area contributed by atoms with Crippen LogP contribution in [0, 0.1) is 0 Å². The van der Waals surface area contributed by atoms with Gasteiger partial charge in [0, 0.05) is 33.8 Å². The van der Waals surface area contributed by atoms with E-state index in [2.05, 4.69) is 48.5 Å². The molecule has 8 aromatic rings. The van der Waals surface area contributed by atoms with E-state index in [1.54, 1.807) is 0 Å². The lowest BCUT2D eigenvalue weighted by Gasteiger charge is -2.06.